The van der Waals surface area contributed by atoms with Gasteiger partial charge >= 0.3 is 0 Å². The molecule has 2 aromatic rings. The van der Waals surface area contributed by atoms with Gasteiger partial charge in [-0.3, -0.25) is 4.79 Å². The predicted octanol–water partition coefficient (Wildman–Crippen LogP) is 7.95. The summed E-state index contributed by atoms with van der Waals surface area (Å²) < 4.78 is 0. The summed E-state index contributed by atoms with van der Waals surface area (Å²) in [6, 6.07) is 9.15. The van der Waals surface area contributed by atoms with Gasteiger partial charge in [0.15, 0.2) is 5.17 Å². The number of fused-ring (bicyclic) bond motifs is 1. The lowest BCUT2D eigenvalue weighted by Crippen LogP contribution is -2.45. The molecule has 2 aliphatic heterocycles. The fourth-order valence-corrected chi connectivity index (χ4v) is 5.49. The molecule has 1 saturated heterocycles. The summed E-state index contributed by atoms with van der Waals surface area (Å²) in [4.78, 5) is 20.0. The molecule has 2 heterocycles. The van der Waals surface area contributed by atoms with Crippen molar-refractivity contribution < 1.29 is 4.79 Å². The fraction of sp³-hybridized carbons (Fsp3) is 0.280. The van der Waals surface area contributed by atoms with Crippen LogP contribution < -0.4 is 10.2 Å². The number of thioether (sulfide) groups is 1. The summed E-state index contributed by atoms with van der Waals surface area (Å²) in [5.41, 5.74) is 4.77. The number of amides is 1. The van der Waals surface area contributed by atoms with Gasteiger partial charge in [0.25, 0.3) is 5.91 Å². The Morgan fingerprint density at radius 3 is 2.58 bits per heavy atom. The van der Waals surface area contributed by atoms with Crippen LogP contribution in [0.25, 0.3) is 11.6 Å². The maximum atomic E-state index is 12.6. The van der Waals surface area contributed by atoms with Crippen molar-refractivity contribution in [2.45, 2.75) is 39.7 Å². The number of hydrogen-bond acceptors (Lipinski definition) is 4. The number of rotatable bonds is 4. The lowest BCUT2D eigenvalue weighted by Gasteiger charge is -2.43. The van der Waals surface area contributed by atoms with Crippen LogP contribution in [0, 0.1) is 0 Å². The molecular formula is C25H24Cl3N3OS. The number of nitrogens with one attached hydrogen (secondary N) is 1. The highest BCUT2D eigenvalue weighted by molar-refractivity contribution is 8.18. The van der Waals surface area contributed by atoms with Gasteiger partial charge in [-0.2, -0.15) is 0 Å². The number of allylic oxidation sites excluding steroid dienone is 1. The van der Waals surface area contributed by atoms with Gasteiger partial charge in [-0.05, 0) is 86.5 Å². The third-order valence-corrected chi connectivity index (χ3v) is 7.59. The molecule has 4 nitrogen and oxygen atoms in total. The van der Waals surface area contributed by atoms with Gasteiger partial charge in [-0.1, -0.05) is 47.8 Å². The SMILES string of the molecule is CCCN1c2cc(Cl)c(/C=C3/SC(=Nc4ccc(Cl)c(Cl)c4)NC3=O)cc2C(C)=CC1(C)C. The van der Waals surface area contributed by atoms with Crippen LogP contribution in [0.1, 0.15) is 45.2 Å². The maximum absolute atomic E-state index is 12.6. The largest absolute Gasteiger partial charge is 0.362 e. The molecule has 172 valence electrons. The smallest absolute Gasteiger partial charge is 0.264 e. The third kappa shape index (κ3) is 4.97. The molecule has 0 atom stereocenters. The molecule has 0 radical (unpaired) electrons. The van der Waals surface area contributed by atoms with E-state index in [0.29, 0.717) is 30.8 Å². The standard InChI is InChI=1S/C25H24Cl3N3OS/c1-5-8-31-21-12-19(27)15(9-17(21)14(2)13-25(31,3)4)10-22-23(32)30-24(33-22)29-16-6-7-18(26)20(28)11-16/h6-7,9-13H,5,8H2,1-4H3,(H,29,30,32)/b22-10+. The highest BCUT2D eigenvalue weighted by Gasteiger charge is 2.31. The first-order valence-electron chi connectivity index (χ1n) is 10.6. The highest BCUT2D eigenvalue weighted by atomic mass is 35.5. The Labute approximate surface area is 213 Å². The normalized spacial score (nSPS) is 19.7. The molecule has 0 aromatic heterocycles. The molecule has 0 unspecified atom stereocenters. The summed E-state index contributed by atoms with van der Waals surface area (Å²) in [7, 11) is 0. The van der Waals surface area contributed by atoms with Crippen molar-refractivity contribution in [3.63, 3.8) is 0 Å². The Balaban J connectivity index is 1.67. The molecule has 0 saturated carbocycles. The first-order valence-corrected chi connectivity index (χ1v) is 12.6. The van der Waals surface area contributed by atoms with Gasteiger partial charge in [0, 0.05) is 22.8 Å². The van der Waals surface area contributed by atoms with Crippen molar-refractivity contribution in [2.75, 3.05) is 11.4 Å². The van der Waals surface area contributed by atoms with Crippen LogP contribution in [0.2, 0.25) is 15.1 Å². The van der Waals surface area contributed by atoms with Gasteiger partial charge in [0.2, 0.25) is 0 Å². The molecule has 2 aromatic carbocycles. The van der Waals surface area contributed by atoms with E-state index in [9.17, 15) is 4.79 Å². The number of aliphatic imine (C=N–C) groups is 1. The minimum absolute atomic E-state index is 0.0898. The van der Waals surface area contributed by atoms with Gasteiger partial charge < -0.3 is 10.2 Å². The number of halogens is 3. The first kappa shape index (κ1) is 24.2. The van der Waals surface area contributed by atoms with Crippen molar-refractivity contribution >= 4 is 80.7 Å². The Morgan fingerprint density at radius 2 is 1.88 bits per heavy atom. The Kier molecular flexibility index (Phi) is 6.88. The number of nitrogens with zero attached hydrogens (tertiary/aromatic N) is 2. The van der Waals surface area contributed by atoms with Gasteiger partial charge in [-0.25, -0.2) is 4.99 Å². The van der Waals surface area contributed by atoms with Crippen LogP contribution in [-0.2, 0) is 4.79 Å². The van der Waals surface area contributed by atoms with Gasteiger partial charge in [0.1, 0.15) is 0 Å². The summed E-state index contributed by atoms with van der Waals surface area (Å²) in [6.07, 6.45) is 5.14. The summed E-state index contributed by atoms with van der Waals surface area (Å²) in [5.74, 6) is -0.214. The second-order valence-electron chi connectivity index (χ2n) is 8.60. The molecule has 33 heavy (non-hydrogen) atoms. The number of anilines is 1. The van der Waals surface area contributed by atoms with E-state index in [1.54, 1.807) is 18.2 Å². The maximum Gasteiger partial charge on any atom is 0.264 e. The summed E-state index contributed by atoms with van der Waals surface area (Å²) >= 11 is 20.0. The van der Waals surface area contributed by atoms with Gasteiger partial charge in [0.05, 0.1) is 26.2 Å². The molecule has 4 rings (SSSR count). The van der Waals surface area contributed by atoms with Crippen LogP contribution in [0.15, 0.2) is 46.3 Å². The van der Waals surface area contributed by atoms with E-state index < -0.39 is 0 Å². The quantitative estimate of drug-likeness (QED) is 0.416. The molecular weight excluding hydrogens is 497 g/mol. The predicted molar refractivity (Wildman–Crippen MR) is 144 cm³/mol. The fourth-order valence-electron chi connectivity index (χ4n) is 4.15. The van der Waals surface area contributed by atoms with Crippen molar-refractivity contribution in [1.29, 1.82) is 0 Å². The summed E-state index contributed by atoms with van der Waals surface area (Å²) in [5, 5.41) is 4.75. The van der Waals surface area contributed by atoms with Crippen molar-refractivity contribution in [2.24, 2.45) is 4.99 Å². The number of benzene rings is 2. The second kappa shape index (κ2) is 9.38. The molecule has 0 bridgehead atoms. The average molecular weight is 521 g/mol. The Morgan fingerprint density at radius 1 is 1.12 bits per heavy atom. The Hall–Kier alpha value is -1.92. The van der Waals surface area contributed by atoms with Crippen molar-refractivity contribution in [1.82, 2.24) is 5.32 Å². The Bertz CT molecular complexity index is 1230. The summed E-state index contributed by atoms with van der Waals surface area (Å²) in [6.45, 7) is 9.66. The number of hydrogen-bond donors (Lipinski definition) is 1. The minimum Gasteiger partial charge on any atom is -0.362 e. The van der Waals surface area contributed by atoms with Crippen molar-refractivity contribution in [3.05, 3.63) is 67.5 Å². The molecule has 8 heteroatoms. The van der Waals surface area contributed by atoms with Crippen LogP contribution in [0.5, 0.6) is 0 Å². The lowest BCUT2D eigenvalue weighted by molar-refractivity contribution is -0.115. The number of carbonyl (C=O) groups is 1. The monoisotopic (exact) mass is 519 g/mol. The second-order valence-corrected chi connectivity index (χ2v) is 10.9. The van der Waals surface area contributed by atoms with E-state index in [0.717, 1.165) is 29.8 Å². The molecule has 2 aliphatic rings. The zero-order valence-electron chi connectivity index (χ0n) is 18.8. The molecule has 1 N–H and O–H groups in total. The van der Waals surface area contributed by atoms with Gasteiger partial charge in [-0.15, -0.1) is 0 Å². The van der Waals surface area contributed by atoms with Crippen LogP contribution in [-0.4, -0.2) is 23.2 Å². The third-order valence-electron chi connectivity index (χ3n) is 5.61. The molecule has 1 fully saturated rings. The minimum atomic E-state index is -0.214. The van der Waals surface area contributed by atoms with Crippen LogP contribution in [0.4, 0.5) is 11.4 Å². The van der Waals surface area contributed by atoms with E-state index in [4.69, 9.17) is 34.8 Å². The topological polar surface area (TPSA) is 44.7 Å². The zero-order valence-corrected chi connectivity index (χ0v) is 21.9. The van der Waals surface area contributed by atoms with Crippen LogP contribution >= 0.6 is 46.6 Å². The number of amidine groups is 1. The highest BCUT2D eigenvalue weighted by Crippen LogP contribution is 2.42. The van der Waals surface area contributed by atoms with E-state index >= 15 is 0 Å². The molecule has 0 spiro atoms. The van der Waals surface area contributed by atoms with E-state index in [2.05, 4.69) is 55.0 Å². The zero-order chi connectivity index (χ0) is 23.9. The van der Waals surface area contributed by atoms with Crippen LogP contribution in [0.3, 0.4) is 0 Å². The molecule has 0 aliphatic carbocycles. The van der Waals surface area contributed by atoms with E-state index in [1.165, 1.54) is 17.3 Å². The van der Waals surface area contributed by atoms with E-state index in [-0.39, 0.29) is 11.4 Å². The lowest BCUT2D eigenvalue weighted by atomic mass is 9.87. The van der Waals surface area contributed by atoms with E-state index in [1.807, 2.05) is 12.1 Å². The van der Waals surface area contributed by atoms with Crippen molar-refractivity contribution in [3.8, 4) is 0 Å². The number of carbonyl (C=O) groups excluding carboxylic acids is 1. The molecule has 1 amide bonds. The average Bonchev–Trinajstić information content (AvgIpc) is 3.07. The first-order chi connectivity index (χ1) is 15.6.